The summed E-state index contributed by atoms with van der Waals surface area (Å²) >= 11 is 3.16. The topological polar surface area (TPSA) is 38.0 Å². The minimum atomic E-state index is -4.33. The average Bonchev–Trinajstić information content (AvgIpc) is 2.28. The predicted molar refractivity (Wildman–Crippen MR) is 75.1 cm³/mol. The lowest BCUT2D eigenvalue weighted by molar-refractivity contribution is -0.137. The maximum Gasteiger partial charge on any atom is 0.416 e. The summed E-state index contributed by atoms with van der Waals surface area (Å²) in [4.78, 5) is 0. The van der Waals surface area contributed by atoms with Crippen molar-refractivity contribution in [2.45, 2.75) is 32.5 Å². The van der Waals surface area contributed by atoms with Crippen molar-refractivity contribution in [3.05, 3.63) is 28.2 Å². The normalized spacial score (nSPS) is 13.7. The van der Waals surface area contributed by atoms with E-state index in [-0.39, 0.29) is 6.04 Å². The maximum absolute atomic E-state index is 12.5. The van der Waals surface area contributed by atoms with E-state index in [1.165, 1.54) is 6.07 Å². The van der Waals surface area contributed by atoms with Crippen LogP contribution in [0.3, 0.4) is 0 Å². The summed E-state index contributed by atoms with van der Waals surface area (Å²) in [5.74, 6) is 0.467. The third kappa shape index (κ3) is 5.03. The van der Waals surface area contributed by atoms with E-state index in [1.54, 1.807) is 0 Å². The van der Waals surface area contributed by atoms with Crippen molar-refractivity contribution in [1.82, 2.24) is 0 Å². The smallest absolute Gasteiger partial charge is 0.380 e. The standard InChI is InChI=1S/C13H18BrF3N2/c1-8(2)5-10(7-18)19-12-4-3-9(6-11(12)14)13(15,16)17/h3-4,6,8,10,19H,5,7,18H2,1-2H3. The summed E-state index contributed by atoms with van der Waals surface area (Å²) in [6.45, 7) is 4.59. The van der Waals surface area contributed by atoms with Crippen LogP contribution in [-0.2, 0) is 6.18 Å². The molecule has 0 heterocycles. The Balaban J connectivity index is 2.85. The van der Waals surface area contributed by atoms with Crippen LogP contribution in [-0.4, -0.2) is 12.6 Å². The van der Waals surface area contributed by atoms with Crippen molar-refractivity contribution in [1.29, 1.82) is 0 Å². The highest BCUT2D eigenvalue weighted by molar-refractivity contribution is 9.10. The van der Waals surface area contributed by atoms with Crippen molar-refractivity contribution in [2.75, 3.05) is 11.9 Å². The number of hydrogen-bond acceptors (Lipinski definition) is 2. The first-order chi connectivity index (χ1) is 8.74. The first-order valence-corrected chi connectivity index (χ1v) is 6.86. The molecule has 0 amide bonds. The first-order valence-electron chi connectivity index (χ1n) is 6.07. The molecule has 0 saturated carbocycles. The second kappa shape index (κ2) is 6.61. The molecule has 0 aliphatic rings. The molecule has 3 N–H and O–H groups in total. The number of rotatable bonds is 5. The zero-order chi connectivity index (χ0) is 14.6. The lowest BCUT2D eigenvalue weighted by Gasteiger charge is -2.21. The quantitative estimate of drug-likeness (QED) is 0.842. The van der Waals surface area contributed by atoms with Gasteiger partial charge in [0.25, 0.3) is 0 Å². The van der Waals surface area contributed by atoms with Gasteiger partial charge in [0.2, 0.25) is 0 Å². The number of anilines is 1. The van der Waals surface area contributed by atoms with Crippen molar-refractivity contribution in [2.24, 2.45) is 11.7 Å². The molecule has 1 unspecified atom stereocenters. The number of halogens is 4. The molecule has 0 aliphatic carbocycles. The number of benzene rings is 1. The van der Waals surface area contributed by atoms with E-state index in [1.807, 2.05) is 0 Å². The van der Waals surface area contributed by atoms with Gasteiger partial charge in [0, 0.05) is 22.7 Å². The Morgan fingerprint density at radius 1 is 1.32 bits per heavy atom. The summed E-state index contributed by atoms with van der Waals surface area (Å²) in [5.41, 5.74) is 5.62. The van der Waals surface area contributed by atoms with Crippen LogP contribution in [0.25, 0.3) is 0 Å². The Labute approximate surface area is 119 Å². The molecule has 1 aromatic carbocycles. The highest BCUT2D eigenvalue weighted by Gasteiger charge is 2.30. The highest BCUT2D eigenvalue weighted by Crippen LogP contribution is 2.34. The van der Waals surface area contributed by atoms with E-state index in [9.17, 15) is 13.2 Å². The van der Waals surface area contributed by atoms with Gasteiger partial charge in [0.05, 0.1) is 5.56 Å². The van der Waals surface area contributed by atoms with Gasteiger partial charge in [-0.3, -0.25) is 0 Å². The summed E-state index contributed by atoms with van der Waals surface area (Å²) in [6.07, 6.45) is -3.46. The Bertz CT molecular complexity index is 419. The zero-order valence-electron chi connectivity index (χ0n) is 10.9. The van der Waals surface area contributed by atoms with Gasteiger partial charge in [0.1, 0.15) is 0 Å². The minimum absolute atomic E-state index is 0.0491. The van der Waals surface area contributed by atoms with E-state index in [0.29, 0.717) is 22.6 Å². The molecule has 1 aromatic rings. The van der Waals surface area contributed by atoms with Crippen LogP contribution in [0.15, 0.2) is 22.7 Å². The van der Waals surface area contributed by atoms with Crippen molar-refractivity contribution in [3.8, 4) is 0 Å². The van der Waals surface area contributed by atoms with Gasteiger partial charge in [-0.25, -0.2) is 0 Å². The summed E-state index contributed by atoms with van der Waals surface area (Å²) in [5, 5.41) is 3.17. The van der Waals surface area contributed by atoms with Gasteiger partial charge in [0.15, 0.2) is 0 Å². The third-order valence-corrected chi connectivity index (χ3v) is 3.35. The fourth-order valence-electron chi connectivity index (χ4n) is 1.81. The molecule has 0 aromatic heterocycles. The van der Waals surface area contributed by atoms with Gasteiger partial charge in [-0.05, 0) is 46.5 Å². The Morgan fingerprint density at radius 3 is 2.37 bits per heavy atom. The monoisotopic (exact) mass is 338 g/mol. The van der Waals surface area contributed by atoms with Gasteiger partial charge in [-0.2, -0.15) is 13.2 Å². The van der Waals surface area contributed by atoms with Crippen LogP contribution >= 0.6 is 15.9 Å². The maximum atomic E-state index is 12.5. The molecule has 0 radical (unpaired) electrons. The van der Waals surface area contributed by atoms with Gasteiger partial charge in [-0.15, -0.1) is 0 Å². The van der Waals surface area contributed by atoms with Crippen LogP contribution in [0, 0.1) is 5.92 Å². The zero-order valence-corrected chi connectivity index (χ0v) is 12.5. The molecule has 1 atom stereocenters. The lowest BCUT2D eigenvalue weighted by atomic mass is 10.0. The molecule has 0 saturated heterocycles. The molecule has 0 spiro atoms. The summed E-state index contributed by atoms with van der Waals surface area (Å²) in [7, 11) is 0. The first kappa shape index (κ1) is 16.3. The molecule has 0 fully saturated rings. The van der Waals surface area contributed by atoms with Crippen molar-refractivity contribution < 1.29 is 13.2 Å². The number of alkyl halides is 3. The predicted octanol–water partition coefficient (Wildman–Crippen LogP) is 4.25. The molecule has 0 aliphatic heterocycles. The van der Waals surface area contributed by atoms with E-state index in [4.69, 9.17) is 5.73 Å². The minimum Gasteiger partial charge on any atom is -0.380 e. The van der Waals surface area contributed by atoms with Crippen molar-refractivity contribution in [3.63, 3.8) is 0 Å². The summed E-state index contributed by atoms with van der Waals surface area (Å²) in [6, 6.07) is 3.62. The van der Waals surface area contributed by atoms with Crippen LogP contribution in [0.2, 0.25) is 0 Å². The van der Waals surface area contributed by atoms with E-state index in [2.05, 4.69) is 35.1 Å². The molecular formula is C13H18BrF3N2. The highest BCUT2D eigenvalue weighted by atomic mass is 79.9. The SMILES string of the molecule is CC(C)CC(CN)Nc1ccc(C(F)(F)F)cc1Br. The largest absolute Gasteiger partial charge is 0.416 e. The molecular weight excluding hydrogens is 321 g/mol. The molecule has 1 rings (SSSR count). The molecule has 108 valence electrons. The van der Waals surface area contributed by atoms with E-state index >= 15 is 0 Å². The number of hydrogen-bond donors (Lipinski definition) is 2. The molecule has 6 heteroatoms. The molecule has 19 heavy (non-hydrogen) atoms. The summed E-state index contributed by atoms with van der Waals surface area (Å²) < 4.78 is 38.0. The molecule has 2 nitrogen and oxygen atoms in total. The van der Waals surface area contributed by atoms with Crippen LogP contribution in [0.4, 0.5) is 18.9 Å². The number of nitrogens with two attached hydrogens (primary N) is 1. The second-order valence-corrected chi connectivity index (χ2v) is 5.75. The lowest BCUT2D eigenvalue weighted by Crippen LogP contribution is -2.30. The van der Waals surface area contributed by atoms with E-state index < -0.39 is 11.7 Å². The van der Waals surface area contributed by atoms with E-state index in [0.717, 1.165) is 18.6 Å². The van der Waals surface area contributed by atoms with Crippen LogP contribution < -0.4 is 11.1 Å². The Hall–Kier alpha value is -0.750. The second-order valence-electron chi connectivity index (χ2n) is 4.90. The van der Waals surface area contributed by atoms with Gasteiger partial charge < -0.3 is 11.1 Å². The van der Waals surface area contributed by atoms with Gasteiger partial charge >= 0.3 is 6.18 Å². The Kier molecular flexibility index (Phi) is 5.67. The third-order valence-electron chi connectivity index (χ3n) is 2.70. The number of nitrogens with one attached hydrogen (secondary N) is 1. The van der Waals surface area contributed by atoms with Crippen LogP contribution in [0.5, 0.6) is 0 Å². The molecule has 0 bridgehead atoms. The Morgan fingerprint density at radius 2 is 1.95 bits per heavy atom. The van der Waals surface area contributed by atoms with Crippen molar-refractivity contribution >= 4 is 21.6 Å². The van der Waals surface area contributed by atoms with Gasteiger partial charge in [-0.1, -0.05) is 13.8 Å². The fraction of sp³-hybridized carbons (Fsp3) is 0.538. The average molecular weight is 339 g/mol. The van der Waals surface area contributed by atoms with Crippen LogP contribution in [0.1, 0.15) is 25.8 Å². The fourth-order valence-corrected chi connectivity index (χ4v) is 2.30.